The van der Waals surface area contributed by atoms with Crippen molar-refractivity contribution >= 4 is 11.8 Å². The van der Waals surface area contributed by atoms with Crippen molar-refractivity contribution in [3.05, 3.63) is 35.4 Å². The molecule has 4 nitrogen and oxygen atoms in total. The van der Waals surface area contributed by atoms with E-state index in [9.17, 15) is 14.7 Å². The summed E-state index contributed by atoms with van der Waals surface area (Å²) in [5.74, 6) is 0.999. The van der Waals surface area contributed by atoms with Gasteiger partial charge in [0.1, 0.15) is 0 Å². The van der Waals surface area contributed by atoms with Crippen LogP contribution in [-0.4, -0.2) is 33.5 Å². The van der Waals surface area contributed by atoms with Gasteiger partial charge in [-0.15, -0.1) is 0 Å². The van der Waals surface area contributed by atoms with Gasteiger partial charge in [-0.05, 0) is 62.0 Å². The molecular weight excluding hydrogens is 278 g/mol. The van der Waals surface area contributed by atoms with Crippen LogP contribution in [0.5, 0.6) is 0 Å². The molecule has 1 aliphatic heterocycles. The largest absolute Gasteiger partial charge is 0.388 e. The average Bonchev–Trinajstić information content (AvgIpc) is 2.71. The van der Waals surface area contributed by atoms with E-state index in [-0.39, 0.29) is 23.8 Å². The third-order valence-electron chi connectivity index (χ3n) is 6.32. The molecule has 0 aromatic heterocycles. The minimum Gasteiger partial charge on any atom is -0.388 e. The Hall–Kier alpha value is -1.68. The molecule has 6 rings (SSSR count). The monoisotopic (exact) mass is 297 g/mol. The Morgan fingerprint density at radius 1 is 0.955 bits per heavy atom. The highest BCUT2D eigenvalue weighted by Crippen LogP contribution is 2.57. The third kappa shape index (κ3) is 1.46. The van der Waals surface area contributed by atoms with E-state index in [2.05, 4.69) is 0 Å². The molecule has 4 saturated carbocycles. The Kier molecular flexibility index (Phi) is 2.32. The molecule has 1 aromatic rings. The lowest BCUT2D eigenvalue weighted by Crippen LogP contribution is -2.67. The van der Waals surface area contributed by atoms with Crippen LogP contribution in [0.2, 0.25) is 0 Å². The molecule has 4 heteroatoms. The number of aliphatic hydroxyl groups is 1. The Balaban J connectivity index is 1.59. The Bertz CT molecular complexity index is 648. The highest BCUT2D eigenvalue weighted by atomic mass is 16.3. The quantitative estimate of drug-likeness (QED) is 0.809. The highest BCUT2D eigenvalue weighted by molar-refractivity contribution is 6.21. The number of nitrogens with zero attached hydrogens (tertiary/aromatic N) is 1. The molecular formula is C18H19NO3. The molecule has 4 aliphatic carbocycles. The van der Waals surface area contributed by atoms with Crippen molar-refractivity contribution < 1.29 is 14.7 Å². The zero-order chi connectivity index (χ0) is 15.1. The number of carbonyl (C=O) groups is 2. The number of amides is 2. The lowest BCUT2D eigenvalue weighted by molar-refractivity contribution is -0.166. The van der Waals surface area contributed by atoms with Crippen LogP contribution in [0.15, 0.2) is 24.3 Å². The number of hydrogen-bond acceptors (Lipinski definition) is 3. The van der Waals surface area contributed by atoms with Gasteiger partial charge in [0, 0.05) is 0 Å². The minimum absolute atomic E-state index is 0.216. The Labute approximate surface area is 129 Å². The molecule has 5 aliphatic rings. The summed E-state index contributed by atoms with van der Waals surface area (Å²) in [5, 5.41) is 11.2. The Morgan fingerprint density at radius 3 is 2.00 bits per heavy atom. The van der Waals surface area contributed by atoms with Gasteiger partial charge in [0.2, 0.25) is 0 Å². The summed E-state index contributed by atoms with van der Waals surface area (Å²) >= 11 is 0. The number of hydrogen-bond donors (Lipinski definition) is 1. The van der Waals surface area contributed by atoms with E-state index in [0.717, 1.165) is 25.7 Å². The van der Waals surface area contributed by atoms with Crippen LogP contribution >= 0.6 is 0 Å². The first-order valence-electron chi connectivity index (χ1n) is 8.26. The summed E-state index contributed by atoms with van der Waals surface area (Å²) in [7, 11) is 0. The maximum Gasteiger partial charge on any atom is 0.261 e. The summed E-state index contributed by atoms with van der Waals surface area (Å²) in [4.78, 5) is 26.9. The molecule has 0 spiro atoms. The fraction of sp³-hybridized carbons (Fsp3) is 0.556. The molecule has 1 heterocycles. The van der Waals surface area contributed by atoms with E-state index in [1.54, 1.807) is 24.3 Å². The first-order valence-corrected chi connectivity index (χ1v) is 8.26. The van der Waals surface area contributed by atoms with Crippen molar-refractivity contribution in [2.24, 2.45) is 17.8 Å². The molecule has 2 amide bonds. The number of fused-ring (bicyclic) bond motifs is 1. The molecule has 0 saturated heterocycles. The fourth-order valence-electron chi connectivity index (χ4n) is 5.88. The normalized spacial score (nSPS) is 42.1. The van der Waals surface area contributed by atoms with Gasteiger partial charge in [0.15, 0.2) is 0 Å². The molecule has 3 unspecified atom stereocenters. The third-order valence-corrected chi connectivity index (χ3v) is 6.32. The van der Waals surface area contributed by atoms with Gasteiger partial charge in [-0.3, -0.25) is 14.5 Å². The van der Waals surface area contributed by atoms with E-state index >= 15 is 0 Å². The number of carbonyl (C=O) groups excluding carboxylic acids is 2. The van der Waals surface area contributed by atoms with E-state index in [4.69, 9.17) is 0 Å². The lowest BCUT2D eigenvalue weighted by Gasteiger charge is -2.60. The van der Waals surface area contributed by atoms with Gasteiger partial charge in [0.25, 0.3) is 11.8 Å². The minimum atomic E-state index is -0.859. The number of imide groups is 1. The van der Waals surface area contributed by atoms with Crippen LogP contribution in [-0.2, 0) is 0 Å². The second kappa shape index (κ2) is 3.99. The maximum atomic E-state index is 12.8. The molecule has 4 bridgehead atoms. The van der Waals surface area contributed by atoms with E-state index < -0.39 is 5.60 Å². The predicted molar refractivity (Wildman–Crippen MR) is 79.2 cm³/mol. The lowest BCUT2D eigenvalue weighted by atomic mass is 9.51. The molecule has 3 atom stereocenters. The number of benzene rings is 1. The standard InChI is InChI=1S/C18H19NO3/c20-16-13-3-1-2-4-14(13)17(21)19(16)15-12-6-10-5-11(7-12)9-18(15,22)8-10/h1-4,10-12,15,22H,5-9H2. The van der Waals surface area contributed by atoms with Gasteiger partial charge in [-0.2, -0.15) is 0 Å². The topological polar surface area (TPSA) is 57.6 Å². The highest BCUT2D eigenvalue weighted by Gasteiger charge is 2.61. The SMILES string of the molecule is O=C1c2ccccc2C(=O)N1C1C2CC3CC(C2)CC1(O)C3. The first kappa shape index (κ1) is 12.8. The van der Waals surface area contributed by atoms with Gasteiger partial charge in [-0.25, -0.2) is 0 Å². The van der Waals surface area contributed by atoms with E-state index in [1.807, 2.05) is 0 Å². The van der Waals surface area contributed by atoms with Gasteiger partial charge in [-0.1, -0.05) is 12.1 Å². The molecule has 0 radical (unpaired) electrons. The van der Waals surface area contributed by atoms with Crippen LogP contribution in [0, 0.1) is 17.8 Å². The number of rotatable bonds is 1. The first-order chi connectivity index (χ1) is 10.6. The van der Waals surface area contributed by atoms with Crippen LogP contribution < -0.4 is 0 Å². The molecule has 114 valence electrons. The van der Waals surface area contributed by atoms with Crippen LogP contribution in [0.25, 0.3) is 0 Å². The average molecular weight is 297 g/mol. The zero-order valence-corrected chi connectivity index (χ0v) is 12.4. The van der Waals surface area contributed by atoms with E-state index in [1.165, 1.54) is 11.3 Å². The molecule has 1 N–H and O–H groups in total. The van der Waals surface area contributed by atoms with Crippen molar-refractivity contribution in [3.8, 4) is 0 Å². The van der Waals surface area contributed by atoms with Crippen LogP contribution in [0.1, 0.15) is 52.8 Å². The van der Waals surface area contributed by atoms with Crippen molar-refractivity contribution in [1.82, 2.24) is 4.90 Å². The summed E-state index contributed by atoms with van der Waals surface area (Å²) in [6.45, 7) is 0. The zero-order valence-electron chi connectivity index (χ0n) is 12.4. The molecule has 4 fully saturated rings. The van der Waals surface area contributed by atoms with Crippen molar-refractivity contribution in [3.63, 3.8) is 0 Å². The predicted octanol–water partition coefficient (Wildman–Crippen LogP) is 2.22. The summed E-state index contributed by atoms with van der Waals surface area (Å²) < 4.78 is 0. The van der Waals surface area contributed by atoms with E-state index in [0.29, 0.717) is 23.0 Å². The van der Waals surface area contributed by atoms with Crippen molar-refractivity contribution in [1.29, 1.82) is 0 Å². The molecule has 1 aromatic carbocycles. The van der Waals surface area contributed by atoms with Gasteiger partial charge < -0.3 is 5.11 Å². The van der Waals surface area contributed by atoms with Crippen molar-refractivity contribution in [2.75, 3.05) is 0 Å². The van der Waals surface area contributed by atoms with Crippen LogP contribution in [0.3, 0.4) is 0 Å². The van der Waals surface area contributed by atoms with Gasteiger partial charge in [0.05, 0.1) is 22.8 Å². The van der Waals surface area contributed by atoms with Crippen LogP contribution in [0.4, 0.5) is 0 Å². The fourth-order valence-corrected chi connectivity index (χ4v) is 5.88. The molecule has 22 heavy (non-hydrogen) atoms. The second-order valence-corrected chi connectivity index (χ2v) is 7.68. The van der Waals surface area contributed by atoms with Crippen molar-refractivity contribution in [2.45, 2.75) is 43.7 Å². The maximum absolute atomic E-state index is 12.8. The van der Waals surface area contributed by atoms with Gasteiger partial charge >= 0.3 is 0 Å². The summed E-state index contributed by atoms with van der Waals surface area (Å²) in [5.41, 5.74) is 0.122. The summed E-state index contributed by atoms with van der Waals surface area (Å²) in [6, 6.07) is 6.69. The smallest absolute Gasteiger partial charge is 0.261 e. The summed E-state index contributed by atoms with van der Waals surface area (Å²) in [6.07, 6.45) is 4.82. The second-order valence-electron chi connectivity index (χ2n) is 7.68. The Morgan fingerprint density at radius 2 is 1.50 bits per heavy atom.